The van der Waals surface area contributed by atoms with Crippen molar-refractivity contribution in [2.75, 3.05) is 19.6 Å². The summed E-state index contributed by atoms with van der Waals surface area (Å²) in [5.41, 5.74) is 3.74. The van der Waals surface area contributed by atoms with E-state index in [9.17, 15) is 4.79 Å². The largest absolute Gasteiger partial charge is 0.481 e. The molecule has 5 rings (SSSR count). The van der Waals surface area contributed by atoms with Crippen LogP contribution in [-0.2, 0) is 17.6 Å². The fourth-order valence-corrected chi connectivity index (χ4v) is 5.27. The second kappa shape index (κ2) is 8.88. The lowest BCUT2D eigenvalue weighted by Crippen LogP contribution is -2.52. The molecule has 2 fully saturated rings. The number of aryl methyl sites for hydroxylation is 2. The Morgan fingerprint density at radius 3 is 2.42 bits per heavy atom. The average molecular weight is 418 g/mol. The molecule has 2 heterocycles. The Labute approximate surface area is 183 Å². The molecule has 1 aliphatic carbocycles. The molecule has 2 aliphatic rings. The fourth-order valence-electron chi connectivity index (χ4n) is 5.27. The van der Waals surface area contributed by atoms with E-state index in [2.05, 4.69) is 59.5 Å². The summed E-state index contributed by atoms with van der Waals surface area (Å²) in [7, 11) is 0. The van der Waals surface area contributed by atoms with Gasteiger partial charge in [0.15, 0.2) is 0 Å². The van der Waals surface area contributed by atoms with Crippen LogP contribution in [-0.4, -0.2) is 35.6 Å². The van der Waals surface area contributed by atoms with Crippen LogP contribution in [0.5, 0.6) is 0 Å². The van der Waals surface area contributed by atoms with Gasteiger partial charge in [-0.3, -0.25) is 4.79 Å². The van der Waals surface area contributed by atoms with Crippen LogP contribution in [0.2, 0.25) is 0 Å². The minimum atomic E-state index is -0.645. The van der Waals surface area contributed by atoms with E-state index in [4.69, 9.17) is 9.52 Å². The van der Waals surface area contributed by atoms with Crippen molar-refractivity contribution in [3.05, 3.63) is 71.5 Å². The summed E-state index contributed by atoms with van der Waals surface area (Å²) in [6.07, 6.45) is 6.86. The van der Waals surface area contributed by atoms with Gasteiger partial charge in [0.1, 0.15) is 11.3 Å². The number of hydrogen-bond donors (Lipinski definition) is 1. The number of benzene rings is 2. The van der Waals surface area contributed by atoms with Gasteiger partial charge < -0.3 is 14.4 Å². The van der Waals surface area contributed by atoms with Gasteiger partial charge in [-0.15, -0.1) is 0 Å². The van der Waals surface area contributed by atoms with E-state index in [0.29, 0.717) is 11.8 Å². The van der Waals surface area contributed by atoms with Crippen LogP contribution in [0.15, 0.2) is 59.0 Å². The van der Waals surface area contributed by atoms with E-state index >= 15 is 0 Å². The van der Waals surface area contributed by atoms with Gasteiger partial charge in [0, 0.05) is 30.9 Å². The lowest BCUT2D eigenvalue weighted by Gasteiger charge is -2.40. The highest BCUT2D eigenvalue weighted by atomic mass is 16.4. The molecule has 4 heteroatoms. The third kappa shape index (κ3) is 4.69. The molecule has 4 nitrogen and oxygen atoms in total. The maximum absolute atomic E-state index is 11.0. The van der Waals surface area contributed by atoms with Crippen molar-refractivity contribution in [2.24, 2.45) is 11.8 Å². The predicted molar refractivity (Wildman–Crippen MR) is 122 cm³/mol. The van der Waals surface area contributed by atoms with Crippen LogP contribution in [0.1, 0.15) is 48.5 Å². The zero-order valence-electron chi connectivity index (χ0n) is 18.0. The van der Waals surface area contributed by atoms with Crippen LogP contribution < -0.4 is 0 Å². The van der Waals surface area contributed by atoms with Crippen molar-refractivity contribution in [1.29, 1.82) is 0 Å². The van der Waals surface area contributed by atoms with Crippen LogP contribution >= 0.6 is 0 Å². The van der Waals surface area contributed by atoms with E-state index in [1.165, 1.54) is 42.2 Å². The number of carbonyl (C=O) groups is 1. The number of furan rings is 1. The van der Waals surface area contributed by atoms with Crippen molar-refractivity contribution in [3.63, 3.8) is 0 Å². The van der Waals surface area contributed by atoms with Crippen LogP contribution in [0, 0.1) is 11.8 Å². The molecule has 0 atom stereocenters. The molecule has 1 saturated carbocycles. The highest BCUT2D eigenvalue weighted by Crippen LogP contribution is 2.39. The van der Waals surface area contributed by atoms with Crippen molar-refractivity contribution < 1.29 is 14.3 Å². The summed E-state index contributed by atoms with van der Waals surface area (Å²) in [5, 5.41) is 10.3. The highest BCUT2D eigenvalue weighted by molar-refractivity contribution is 5.79. The van der Waals surface area contributed by atoms with Gasteiger partial charge in [0.2, 0.25) is 0 Å². The summed E-state index contributed by atoms with van der Waals surface area (Å²) in [6, 6.07) is 19.5. The predicted octanol–water partition coefficient (Wildman–Crippen LogP) is 5.51. The third-order valence-electron chi connectivity index (χ3n) is 7.22. The molecule has 0 bridgehead atoms. The Balaban J connectivity index is 1.15. The van der Waals surface area contributed by atoms with Gasteiger partial charge in [0.25, 0.3) is 0 Å². The number of aliphatic carboxylic acids is 1. The average Bonchev–Trinajstić information content (AvgIpc) is 3.19. The Morgan fingerprint density at radius 2 is 1.68 bits per heavy atom. The second-order valence-electron chi connectivity index (χ2n) is 9.48. The van der Waals surface area contributed by atoms with Gasteiger partial charge in [-0.2, -0.15) is 0 Å². The Bertz CT molecular complexity index is 1030. The summed E-state index contributed by atoms with van der Waals surface area (Å²) in [4.78, 5) is 13.3. The van der Waals surface area contributed by atoms with E-state index in [1.54, 1.807) is 0 Å². The molecule has 0 spiro atoms. The fraction of sp³-hybridized carbons (Fsp3) is 0.444. The molecule has 0 amide bonds. The number of carboxylic acid groups (broad SMARTS) is 1. The molecular weight excluding hydrogens is 386 g/mol. The standard InChI is InChI=1S/C27H31NO3/c29-27(30)24-17-28(18-24)16-21-8-11-22(12-9-21)26-15-23-14-20(10-13-25(23)31-26)7-6-19-4-2-1-3-5-19/h1-5,10,13-15,21-22,24H,6-9,11-12,16-18H2,(H,29,30). The number of fused-ring (bicyclic) bond motifs is 1. The number of rotatable bonds is 7. The molecule has 1 saturated heterocycles. The minimum Gasteiger partial charge on any atom is -0.481 e. The Morgan fingerprint density at radius 1 is 0.935 bits per heavy atom. The molecule has 2 aromatic carbocycles. The molecular formula is C27H31NO3. The molecule has 0 radical (unpaired) electrons. The zero-order chi connectivity index (χ0) is 21.2. The normalized spacial score (nSPS) is 22.5. The van der Waals surface area contributed by atoms with Crippen molar-refractivity contribution in [2.45, 2.75) is 44.4 Å². The maximum Gasteiger partial charge on any atom is 0.309 e. The van der Waals surface area contributed by atoms with E-state index in [-0.39, 0.29) is 5.92 Å². The van der Waals surface area contributed by atoms with E-state index in [0.717, 1.165) is 43.8 Å². The van der Waals surface area contributed by atoms with Gasteiger partial charge in [-0.25, -0.2) is 0 Å². The zero-order valence-corrected chi connectivity index (χ0v) is 18.0. The minimum absolute atomic E-state index is 0.149. The summed E-state index contributed by atoms with van der Waals surface area (Å²) in [5.74, 6) is 1.56. The molecule has 1 aromatic heterocycles. The van der Waals surface area contributed by atoms with Crippen molar-refractivity contribution in [3.8, 4) is 0 Å². The monoisotopic (exact) mass is 417 g/mol. The van der Waals surface area contributed by atoms with Gasteiger partial charge in [0.05, 0.1) is 5.92 Å². The molecule has 1 N–H and O–H groups in total. The van der Waals surface area contributed by atoms with Crippen molar-refractivity contribution >= 4 is 16.9 Å². The SMILES string of the molecule is O=C(O)C1CN(CC2CCC(c3cc4cc(CCc5ccccc5)ccc4o3)CC2)C1. The van der Waals surface area contributed by atoms with Crippen molar-refractivity contribution in [1.82, 2.24) is 4.90 Å². The maximum atomic E-state index is 11.0. The van der Waals surface area contributed by atoms with Gasteiger partial charge in [-0.05, 0) is 73.8 Å². The smallest absolute Gasteiger partial charge is 0.309 e. The highest BCUT2D eigenvalue weighted by Gasteiger charge is 2.34. The first-order valence-corrected chi connectivity index (χ1v) is 11.7. The molecule has 162 valence electrons. The lowest BCUT2D eigenvalue weighted by atomic mass is 9.80. The third-order valence-corrected chi connectivity index (χ3v) is 7.22. The lowest BCUT2D eigenvalue weighted by molar-refractivity contribution is -0.147. The summed E-state index contributed by atoms with van der Waals surface area (Å²) < 4.78 is 6.24. The first kappa shape index (κ1) is 20.3. The first-order chi connectivity index (χ1) is 15.1. The molecule has 1 aliphatic heterocycles. The molecule has 3 aromatic rings. The van der Waals surface area contributed by atoms with Crippen LogP contribution in [0.25, 0.3) is 11.0 Å². The van der Waals surface area contributed by atoms with Gasteiger partial charge >= 0.3 is 5.97 Å². The molecule has 0 unspecified atom stereocenters. The van der Waals surface area contributed by atoms with Crippen LogP contribution in [0.4, 0.5) is 0 Å². The Hall–Kier alpha value is -2.59. The summed E-state index contributed by atoms with van der Waals surface area (Å²) in [6.45, 7) is 2.51. The Kier molecular flexibility index (Phi) is 5.82. The van der Waals surface area contributed by atoms with E-state index in [1.807, 2.05) is 0 Å². The van der Waals surface area contributed by atoms with E-state index < -0.39 is 5.97 Å². The number of likely N-dealkylation sites (tertiary alicyclic amines) is 1. The van der Waals surface area contributed by atoms with Gasteiger partial charge in [-0.1, -0.05) is 36.4 Å². The topological polar surface area (TPSA) is 53.7 Å². The first-order valence-electron chi connectivity index (χ1n) is 11.7. The molecule has 31 heavy (non-hydrogen) atoms. The number of hydrogen-bond acceptors (Lipinski definition) is 3. The number of nitrogens with zero attached hydrogens (tertiary/aromatic N) is 1. The second-order valence-corrected chi connectivity index (χ2v) is 9.48. The van der Waals surface area contributed by atoms with Crippen LogP contribution in [0.3, 0.4) is 0 Å². The quantitative estimate of drug-likeness (QED) is 0.551. The summed E-state index contributed by atoms with van der Waals surface area (Å²) >= 11 is 0. The number of carboxylic acids is 1.